The predicted molar refractivity (Wildman–Crippen MR) is 116 cm³/mol. The van der Waals surface area contributed by atoms with Crippen molar-refractivity contribution in [1.82, 2.24) is 10.2 Å². The van der Waals surface area contributed by atoms with Crippen molar-refractivity contribution < 1.29 is 24.4 Å². The average Bonchev–Trinajstić information content (AvgIpc) is 3.34. The van der Waals surface area contributed by atoms with Gasteiger partial charge in [0.25, 0.3) is 11.5 Å². The molecule has 0 bridgehead atoms. The van der Waals surface area contributed by atoms with Gasteiger partial charge in [0.05, 0.1) is 23.6 Å². The quantitative estimate of drug-likeness (QED) is 0.205. The predicted octanol–water partition coefficient (Wildman–Crippen LogP) is 3.39. The number of nitro benzene ring substituents is 1. The maximum absolute atomic E-state index is 13.0. The molecule has 1 aromatic heterocycles. The Morgan fingerprint density at radius 3 is 2.31 bits per heavy atom. The van der Waals surface area contributed by atoms with E-state index in [1.54, 1.807) is 31.2 Å². The van der Waals surface area contributed by atoms with Crippen LogP contribution in [0.25, 0.3) is 5.76 Å². The molecule has 4 rings (SSSR count). The first kappa shape index (κ1) is 21.1. The van der Waals surface area contributed by atoms with Crippen LogP contribution >= 0.6 is 11.3 Å². The molecule has 0 saturated carbocycles. The van der Waals surface area contributed by atoms with Crippen LogP contribution in [0.4, 0.5) is 10.8 Å². The van der Waals surface area contributed by atoms with Gasteiger partial charge in [0.15, 0.2) is 0 Å². The number of hydrogen-bond acceptors (Lipinski definition) is 9. The SMILES string of the molecule is COc1ccc(C(O)=C2C(=O)C(=O)N(c3nnc(C)s3)[C@@H]2c2ccc([N+](=O)[O-])cc2)cc1. The summed E-state index contributed by atoms with van der Waals surface area (Å²) in [4.78, 5) is 37.6. The van der Waals surface area contributed by atoms with Gasteiger partial charge in [-0.25, -0.2) is 0 Å². The van der Waals surface area contributed by atoms with E-state index in [1.165, 1.54) is 31.4 Å². The number of aromatic nitrogens is 2. The molecule has 0 radical (unpaired) electrons. The Balaban J connectivity index is 1.90. The Bertz CT molecular complexity index is 1250. The molecule has 0 spiro atoms. The topological polar surface area (TPSA) is 136 Å². The number of nitrogens with zero attached hydrogens (tertiary/aromatic N) is 4. The van der Waals surface area contributed by atoms with Gasteiger partial charge in [0, 0.05) is 17.7 Å². The van der Waals surface area contributed by atoms with E-state index in [9.17, 15) is 24.8 Å². The number of hydrogen-bond donors (Lipinski definition) is 1. The second-order valence-corrected chi connectivity index (χ2v) is 8.01. The molecule has 1 aliphatic heterocycles. The van der Waals surface area contributed by atoms with E-state index in [1.807, 2.05) is 0 Å². The number of ether oxygens (including phenoxy) is 1. The van der Waals surface area contributed by atoms with Crippen molar-refractivity contribution in [3.05, 3.63) is 80.4 Å². The zero-order valence-corrected chi connectivity index (χ0v) is 17.7. The van der Waals surface area contributed by atoms with Crippen LogP contribution in [0.1, 0.15) is 22.2 Å². The Labute approximate surface area is 185 Å². The van der Waals surface area contributed by atoms with Gasteiger partial charge in [0.2, 0.25) is 5.13 Å². The average molecular weight is 452 g/mol. The molecule has 3 aromatic rings. The van der Waals surface area contributed by atoms with Gasteiger partial charge in [-0.05, 0) is 48.9 Å². The largest absolute Gasteiger partial charge is 0.507 e. The van der Waals surface area contributed by atoms with Crippen LogP contribution < -0.4 is 9.64 Å². The summed E-state index contributed by atoms with van der Waals surface area (Å²) in [6.07, 6.45) is 0. The van der Waals surface area contributed by atoms with E-state index in [0.29, 0.717) is 21.9 Å². The van der Waals surface area contributed by atoms with E-state index < -0.39 is 22.7 Å². The molecule has 1 N–H and O–H groups in total. The third kappa shape index (κ3) is 3.58. The number of Topliss-reactive ketones (excluding diaryl/α,β-unsaturated/α-hetero) is 1. The minimum absolute atomic E-state index is 0.146. The van der Waals surface area contributed by atoms with Crippen LogP contribution in [0.3, 0.4) is 0 Å². The number of nitro groups is 1. The van der Waals surface area contributed by atoms with Gasteiger partial charge >= 0.3 is 5.91 Å². The number of methoxy groups -OCH3 is 1. The number of amides is 1. The second kappa shape index (κ2) is 8.19. The van der Waals surface area contributed by atoms with Gasteiger partial charge in [-0.15, -0.1) is 10.2 Å². The lowest BCUT2D eigenvalue weighted by Gasteiger charge is -2.22. The van der Waals surface area contributed by atoms with E-state index >= 15 is 0 Å². The molecule has 162 valence electrons. The van der Waals surface area contributed by atoms with Crippen LogP contribution in [0.5, 0.6) is 5.75 Å². The molecule has 0 unspecified atom stereocenters. The second-order valence-electron chi connectivity index (χ2n) is 6.85. The van der Waals surface area contributed by atoms with Crippen molar-refractivity contribution in [2.24, 2.45) is 0 Å². The van der Waals surface area contributed by atoms with Gasteiger partial charge in [-0.2, -0.15) is 0 Å². The standard InChI is InChI=1S/C21H16N4O6S/c1-11-22-23-21(32-11)24-17(12-3-7-14(8-4-12)25(29)30)16(19(27)20(24)28)18(26)13-5-9-15(31-2)10-6-13/h3-10,17,26H,1-2H3/t17-/m1/s1. The maximum atomic E-state index is 13.0. The zero-order valence-electron chi connectivity index (χ0n) is 16.9. The fraction of sp³-hybridized carbons (Fsp3) is 0.143. The number of aliphatic hydroxyl groups is 1. The summed E-state index contributed by atoms with van der Waals surface area (Å²) in [6.45, 7) is 1.70. The number of carbonyl (C=O) groups excluding carboxylic acids is 2. The third-order valence-corrected chi connectivity index (χ3v) is 5.79. The highest BCUT2D eigenvalue weighted by atomic mass is 32.1. The molecule has 0 aliphatic carbocycles. The lowest BCUT2D eigenvalue weighted by atomic mass is 9.95. The molecule has 1 fully saturated rings. The Morgan fingerprint density at radius 1 is 1.12 bits per heavy atom. The zero-order chi connectivity index (χ0) is 23.0. The molecular weight excluding hydrogens is 436 g/mol. The molecular formula is C21H16N4O6S. The van der Waals surface area contributed by atoms with Crippen LogP contribution in [0, 0.1) is 17.0 Å². The lowest BCUT2D eigenvalue weighted by Crippen LogP contribution is -2.29. The van der Waals surface area contributed by atoms with Gasteiger partial charge in [0.1, 0.15) is 16.5 Å². The number of aryl methyl sites for hydroxylation is 1. The highest BCUT2D eigenvalue weighted by molar-refractivity contribution is 7.15. The fourth-order valence-corrected chi connectivity index (χ4v) is 4.13. The van der Waals surface area contributed by atoms with Crippen molar-refractivity contribution in [3.63, 3.8) is 0 Å². The number of non-ortho nitro benzene ring substituents is 1. The summed E-state index contributed by atoms with van der Waals surface area (Å²) >= 11 is 1.11. The number of aliphatic hydroxyl groups excluding tert-OH is 1. The normalized spacial score (nSPS) is 17.6. The minimum atomic E-state index is -1.04. The first-order chi connectivity index (χ1) is 15.3. The molecule has 11 heteroatoms. The Kier molecular flexibility index (Phi) is 5.41. The summed E-state index contributed by atoms with van der Waals surface area (Å²) in [5.74, 6) is -1.59. The van der Waals surface area contributed by atoms with Crippen molar-refractivity contribution >= 4 is 39.6 Å². The third-order valence-electron chi connectivity index (χ3n) is 4.95. The van der Waals surface area contributed by atoms with E-state index in [0.717, 1.165) is 16.2 Å². The highest BCUT2D eigenvalue weighted by Crippen LogP contribution is 2.43. The van der Waals surface area contributed by atoms with Crippen molar-refractivity contribution in [2.75, 3.05) is 12.0 Å². The van der Waals surface area contributed by atoms with Crippen molar-refractivity contribution in [1.29, 1.82) is 0 Å². The molecule has 32 heavy (non-hydrogen) atoms. The molecule has 1 aliphatic rings. The van der Waals surface area contributed by atoms with Gasteiger partial charge in [-0.1, -0.05) is 11.3 Å². The smallest absolute Gasteiger partial charge is 0.301 e. The fourth-order valence-electron chi connectivity index (χ4n) is 3.41. The number of carbonyl (C=O) groups is 2. The lowest BCUT2D eigenvalue weighted by molar-refractivity contribution is -0.384. The molecule has 1 saturated heterocycles. The highest BCUT2D eigenvalue weighted by Gasteiger charge is 2.48. The number of anilines is 1. The van der Waals surface area contributed by atoms with Crippen molar-refractivity contribution in [3.8, 4) is 5.75 Å². The van der Waals surface area contributed by atoms with Crippen LogP contribution in [0.15, 0.2) is 54.1 Å². The minimum Gasteiger partial charge on any atom is -0.507 e. The number of rotatable bonds is 5. The monoisotopic (exact) mass is 452 g/mol. The molecule has 10 nitrogen and oxygen atoms in total. The van der Waals surface area contributed by atoms with Crippen molar-refractivity contribution in [2.45, 2.75) is 13.0 Å². The summed E-state index contributed by atoms with van der Waals surface area (Å²) in [7, 11) is 1.50. The summed E-state index contributed by atoms with van der Waals surface area (Å²) in [6, 6.07) is 10.7. The Hall–Kier alpha value is -4.12. The van der Waals surface area contributed by atoms with Gasteiger partial charge in [-0.3, -0.25) is 24.6 Å². The molecule has 1 atom stereocenters. The summed E-state index contributed by atoms with van der Waals surface area (Å²) < 4.78 is 5.11. The van der Waals surface area contributed by atoms with Crippen LogP contribution in [0.2, 0.25) is 0 Å². The maximum Gasteiger partial charge on any atom is 0.301 e. The first-order valence-corrected chi connectivity index (χ1v) is 10.1. The molecule has 2 aromatic carbocycles. The van der Waals surface area contributed by atoms with E-state index in [-0.39, 0.29) is 22.2 Å². The van der Waals surface area contributed by atoms with Gasteiger partial charge < -0.3 is 9.84 Å². The Morgan fingerprint density at radius 2 is 1.78 bits per heavy atom. The first-order valence-electron chi connectivity index (χ1n) is 9.31. The van der Waals surface area contributed by atoms with E-state index in [4.69, 9.17) is 4.74 Å². The molecule has 2 heterocycles. The number of ketones is 1. The number of benzene rings is 2. The summed E-state index contributed by atoms with van der Waals surface area (Å²) in [5.41, 5.74) is 0.413. The van der Waals surface area contributed by atoms with Crippen LogP contribution in [-0.4, -0.2) is 39.0 Å². The van der Waals surface area contributed by atoms with Crippen LogP contribution in [-0.2, 0) is 9.59 Å². The summed E-state index contributed by atoms with van der Waals surface area (Å²) in [5, 5.41) is 30.7. The molecule has 1 amide bonds. The van der Waals surface area contributed by atoms with E-state index in [2.05, 4.69) is 10.2 Å².